The molecule has 1 heterocycles. The SMILES string of the molecule is Cc1noc(/C=C\c2cccc(Oc3ccccc3)c2)c1[N+](=O)[O-]. The maximum atomic E-state index is 11.0. The van der Waals surface area contributed by atoms with Crippen molar-refractivity contribution in [2.24, 2.45) is 0 Å². The Morgan fingerprint density at radius 2 is 1.83 bits per heavy atom. The van der Waals surface area contributed by atoms with Crippen molar-refractivity contribution in [2.45, 2.75) is 6.92 Å². The Morgan fingerprint density at radius 1 is 1.08 bits per heavy atom. The Labute approximate surface area is 138 Å². The van der Waals surface area contributed by atoms with Gasteiger partial charge in [-0.2, -0.15) is 0 Å². The number of aromatic nitrogens is 1. The molecule has 0 bridgehead atoms. The fraction of sp³-hybridized carbons (Fsp3) is 0.0556. The second-order valence-corrected chi connectivity index (χ2v) is 5.06. The molecular weight excluding hydrogens is 308 g/mol. The average molecular weight is 322 g/mol. The molecule has 0 spiro atoms. The quantitative estimate of drug-likeness (QED) is 0.495. The van der Waals surface area contributed by atoms with E-state index in [0.717, 1.165) is 11.3 Å². The molecule has 0 atom stereocenters. The molecule has 2 aromatic carbocycles. The lowest BCUT2D eigenvalue weighted by atomic mass is 10.2. The van der Waals surface area contributed by atoms with Crippen molar-refractivity contribution in [1.82, 2.24) is 5.16 Å². The molecule has 0 radical (unpaired) electrons. The van der Waals surface area contributed by atoms with Gasteiger partial charge in [0.1, 0.15) is 11.5 Å². The van der Waals surface area contributed by atoms with Crippen LogP contribution in [-0.4, -0.2) is 10.1 Å². The zero-order chi connectivity index (χ0) is 16.9. The van der Waals surface area contributed by atoms with Crippen molar-refractivity contribution in [3.63, 3.8) is 0 Å². The van der Waals surface area contributed by atoms with Gasteiger partial charge >= 0.3 is 5.69 Å². The molecule has 3 aromatic rings. The van der Waals surface area contributed by atoms with Crippen LogP contribution in [0.15, 0.2) is 59.1 Å². The molecule has 0 fully saturated rings. The maximum absolute atomic E-state index is 11.0. The number of benzene rings is 2. The summed E-state index contributed by atoms with van der Waals surface area (Å²) in [6.45, 7) is 1.54. The Morgan fingerprint density at radius 3 is 2.58 bits per heavy atom. The molecule has 1 aromatic heterocycles. The van der Waals surface area contributed by atoms with Crippen LogP contribution in [0.2, 0.25) is 0 Å². The third-order valence-electron chi connectivity index (χ3n) is 3.30. The second-order valence-electron chi connectivity index (χ2n) is 5.06. The average Bonchev–Trinajstić information content (AvgIpc) is 2.95. The standard InChI is InChI=1S/C18H14N2O4/c1-13-18(20(21)22)17(24-19-13)11-10-14-6-5-9-16(12-14)23-15-7-3-2-4-8-15/h2-12H,1H3/b11-10-. The van der Waals surface area contributed by atoms with Gasteiger partial charge in [-0.25, -0.2) is 0 Å². The summed E-state index contributed by atoms with van der Waals surface area (Å²) in [7, 11) is 0. The first-order valence-electron chi connectivity index (χ1n) is 7.25. The van der Waals surface area contributed by atoms with E-state index in [1.807, 2.05) is 54.6 Å². The first-order chi connectivity index (χ1) is 11.6. The minimum absolute atomic E-state index is 0.117. The molecule has 0 amide bonds. The van der Waals surface area contributed by atoms with E-state index < -0.39 is 4.92 Å². The van der Waals surface area contributed by atoms with Crippen LogP contribution in [-0.2, 0) is 0 Å². The number of para-hydroxylation sites is 1. The predicted octanol–water partition coefficient (Wildman–Crippen LogP) is 4.85. The van der Waals surface area contributed by atoms with E-state index in [-0.39, 0.29) is 17.1 Å². The van der Waals surface area contributed by atoms with Crippen molar-refractivity contribution in [3.8, 4) is 11.5 Å². The van der Waals surface area contributed by atoms with Crippen LogP contribution in [0.1, 0.15) is 17.0 Å². The van der Waals surface area contributed by atoms with Crippen LogP contribution in [0.25, 0.3) is 12.2 Å². The van der Waals surface area contributed by atoms with Gasteiger partial charge in [0.15, 0.2) is 5.69 Å². The highest BCUT2D eigenvalue weighted by molar-refractivity contribution is 5.72. The molecule has 0 aliphatic rings. The van der Waals surface area contributed by atoms with Crippen molar-refractivity contribution < 1.29 is 14.2 Å². The molecule has 0 aliphatic carbocycles. The van der Waals surface area contributed by atoms with Crippen LogP contribution in [0, 0.1) is 17.0 Å². The van der Waals surface area contributed by atoms with Crippen molar-refractivity contribution in [1.29, 1.82) is 0 Å². The first-order valence-corrected chi connectivity index (χ1v) is 7.25. The van der Waals surface area contributed by atoms with E-state index in [1.54, 1.807) is 6.08 Å². The van der Waals surface area contributed by atoms with Gasteiger partial charge in [-0.1, -0.05) is 41.6 Å². The van der Waals surface area contributed by atoms with Gasteiger partial charge < -0.3 is 9.26 Å². The minimum Gasteiger partial charge on any atom is -0.457 e. The van der Waals surface area contributed by atoms with Gasteiger partial charge in [0.05, 0.1) is 4.92 Å². The van der Waals surface area contributed by atoms with E-state index in [4.69, 9.17) is 9.26 Å². The molecule has 3 rings (SSSR count). The lowest BCUT2D eigenvalue weighted by Gasteiger charge is -2.05. The summed E-state index contributed by atoms with van der Waals surface area (Å²) in [4.78, 5) is 10.5. The third-order valence-corrected chi connectivity index (χ3v) is 3.30. The fourth-order valence-electron chi connectivity index (χ4n) is 2.19. The predicted molar refractivity (Wildman–Crippen MR) is 89.8 cm³/mol. The topological polar surface area (TPSA) is 78.4 Å². The Bertz CT molecular complexity index is 885. The number of nitro groups is 1. The smallest absolute Gasteiger partial charge is 0.338 e. The maximum Gasteiger partial charge on any atom is 0.338 e. The fourth-order valence-corrected chi connectivity index (χ4v) is 2.19. The van der Waals surface area contributed by atoms with Crippen LogP contribution >= 0.6 is 0 Å². The number of rotatable bonds is 5. The Kier molecular flexibility index (Phi) is 4.38. The second kappa shape index (κ2) is 6.78. The molecule has 0 N–H and O–H groups in total. The summed E-state index contributed by atoms with van der Waals surface area (Å²) in [6, 6.07) is 16.8. The first kappa shape index (κ1) is 15.5. The largest absolute Gasteiger partial charge is 0.457 e. The number of ether oxygens (including phenoxy) is 1. The molecule has 6 nitrogen and oxygen atoms in total. The monoisotopic (exact) mass is 322 g/mol. The van der Waals surface area contributed by atoms with Gasteiger partial charge in [0, 0.05) is 0 Å². The summed E-state index contributed by atoms with van der Waals surface area (Å²) < 4.78 is 10.8. The van der Waals surface area contributed by atoms with Crippen molar-refractivity contribution in [3.05, 3.63) is 81.7 Å². The van der Waals surface area contributed by atoms with Crippen LogP contribution in [0.3, 0.4) is 0 Å². The van der Waals surface area contributed by atoms with Gasteiger partial charge in [-0.05, 0) is 42.8 Å². The van der Waals surface area contributed by atoms with E-state index in [0.29, 0.717) is 5.75 Å². The van der Waals surface area contributed by atoms with Gasteiger partial charge in [-0.15, -0.1) is 0 Å². The Balaban J connectivity index is 1.81. The number of hydrogen-bond donors (Lipinski definition) is 0. The molecule has 120 valence electrons. The highest BCUT2D eigenvalue weighted by Gasteiger charge is 2.21. The molecule has 0 saturated heterocycles. The third kappa shape index (κ3) is 3.49. The van der Waals surface area contributed by atoms with Gasteiger partial charge in [-0.3, -0.25) is 10.1 Å². The van der Waals surface area contributed by atoms with Gasteiger partial charge in [0.25, 0.3) is 0 Å². The van der Waals surface area contributed by atoms with Crippen LogP contribution < -0.4 is 4.74 Å². The molecule has 6 heteroatoms. The van der Waals surface area contributed by atoms with E-state index in [9.17, 15) is 10.1 Å². The van der Waals surface area contributed by atoms with Crippen molar-refractivity contribution >= 4 is 17.8 Å². The zero-order valence-corrected chi connectivity index (χ0v) is 12.9. The number of aryl methyl sites for hydroxylation is 1. The van der Waals surface area contributed by atoms with Crippen LogP contribution in [0.5, 0.6) is 11.5 Å². The summed E-state index contributed by atoms with van der Waals surface area (Å²) in [5.74, 6) is 1.53. The summed E-state index contributed by atoms with van der Waals surface area (Å²) in [6.07, 6.45) is 3.24. The van der Waals surface area contributed by atoms with Crippen molar-refractivity contribution in [2.75, 3.05) is 0 Å². The lowest BCUT2D eigenvalue weighted by molar-refractivity contribution is -0.386. The summed E-state index contributed by atoms with van der Waals surface area (Å²) in [5.41, 5.74) is 0.954. The molecule has 24 heavy (non-hydrogen) atoms. The lowest BCUT2D eigenvalue weighted by Crippen LogP contribution is -1.90. The van der Waals surface area contributed by atoms with Crippen LogP contribution in [0.4, 0.5) is 5.69 Å². The molecule has 0 unspecified atom stereocenters. The summed E-state index contributed by atoms with van der Waals surface area (Å²) in [5, 5.41) is 14.7. The molecular formula is C18H14N2O4. The van der Waals surface area contributed by atoms with E-state index >= 15 is 0 Å². The number of hydrogen-bond acceptors (Lipinski definition) is 5. The van der Waals surface area contributed by atoms with E-state index in [2.05, 4.69) is 5.16 Å². The highest BCUT2D eigenvalue weighted by atomic mass is 16.6. The minimum atomic E-state index is -0.500. The zero-order valence-electron chi connectivity index (χ0n) is 12.9. The van der Waals surface area contributed by atoms with E-state index in [1.165, 1.54) is 13.0 Å². The molecule has 0 aliphatic heterocycles. The summed E-state index contributed by atoms with van der Waals surface area (Å²) >= 11 is 0. The highest BCUT2D eigenvalue weighted by Crippen LogP contribution is 2.26. The molecule has 0 saturated carbocycles. The normalized spacial score (nSPS) is 10.9. The Hall–Kier alpha value is -3.41. The number of nitrogens with zero attached hydrogens (tertiary/aromatic N) is 2. The van der Waals surface area contributed by atoms with Gasteiger partial charge in [0.2, 0.25) is 5.76 Å².